The van der Waals surface area contributed by atoms with E-state index in [1.165, 1.54) is 11.4 Å². The number of nitrogens with zero attached hydrogens (tertiary/aromatic N) is 2. The first kappa shape index (κ1) is 28.5. The summed E-state index contributed by atoms with van der Waals surface area (Å²) in [5, 5.41) is 3.11. The van der Waals surface area contributed by atoms with Crippen molar-refractivity contribution in [2.24, 2.45) is 0 Å². The van der Waals surface area contributed by atoms with Gasteiger partial charge >= 0.3 is 0 Å². The van der Waals surface area contributed by atoms with Gasteiger partial charge in [0.05, 0.1) is 19.1 Å². The van der Waals surface area contributed by atoms with E-state index in [0.29, 0.717) is 24.4 Å². The molecule has 2 aromatic carbocycles. The third-order valence-corrected chi connectivity index (χ3v) is 8.16. The first-order valence-corrected chi connectivity index (χ1v) is 14.7. The van der Waals surface area contributed by atoms with Crippen LogP contribution in [0.3, 0.4) is 0 Å². The van der Waals surface area contributed by atoms with Gasteiger partial charge < -0.3 is 15.0 Å². The van der Waals surface area contributed by atoms with E-state index in [9.17, 15) is 18.0 Å². The summed E-state index contributed by atoms with van der Waals surface area (Å²) in [6, 6.07) is 14.2. The second-order valence-electron chi connectivity index (χ2n) is 9.75. The summed E-state index contributed by atoms with van der Waals surface area (Å²) in [5.74, 6) is 0.216. The fourth-order valence-electron chi connectivity index (χ4n) is 4.72. The lowest BCUT2D eigenvalue weighted by Gasteiger charge is -2.30. The van der Waals surface area contributed by atoms with Crippen LogP contribution in [0.15, 0.2) is 48.5 Å². The van der Waals surface area contributed by atoms with Gasteiger partial charge in [-0.05, 0) is 56.4 Å². The van der Waals surface area contributed by atoms with Gasteiger partial charge in [0.15, 0.2) is 0 Å². The number of aryl methyl sites for hydroxylation is 1. The van der Waals surface area contributed by atoms with Crippen molar-refractivity contribution in [1.29, 1.82) is 0 Å². The maximum absolute atomic E-state index is 13.5. The molecule has 2 aromatic rings. The molecule has 0 aliphatic heterocycles. The summed E-state index contributed by atoms with van der Waals surface area (Å²) in [6.07, 6.45) is 5.72. The average molecular weight is 530 g/mol. The number of hydrogen-bond donors (Lipinski definition) is 1. The van der Waals surface area contributed by atoms with Crippen LogP contribution >= 0.6 is 0 Å². The second-order valence-corrected chi connectivity index (χ2v) is 11.7. The Morgan fingerprint density at radius 2 is 1.81 bits per heavy atom. The molecule has 0 bridgehead atoms. The van der Waals surface area contributed by atoms with Crippen molar-refractivity contribution in [3.63, 3.8) is 0 Å². The molecule has 0 unspecified atom stereocenters. The number of ether oxygens (including phenoxy) is 1. The van der Waals surface area contributed by atoms with Crippen molar-refractivity contribution in [2.45, 2.75) is 71.0 Å². The Morgan fingerprint density at radius 3 is 2.46 bits per heavy atom. The lowest BCUT2D eigenvalue weighted by Crippen LogP contribution is -2.49. The minimum Gasteiger partial charge on any atom is -0.497 e. The number of anilines is 1. The lowest BCUT2D eigenvalue weighted by atomic mass is 10.1. The Labute approximate surface area is 221 Å². The zero-order valence-corrected chi connectivity index (χ0v) is 23.1. The van der Waals surface area contributed by atoms with E-state index >= 15 is 0 Å². The van der Waals surface area contributed by atoms with E-state index in [1.54, 1.807) is 36.1 Å². The van der Waals surface area contributed by atoms with Gasteiger partial charge in [-0.25, -0.2) is 8.42 Å². The van der Waals surface area contributed by atoms with E-state index in [2.05, 4.69) is 5.32 Å². The molecule has 0 radical (unpaired) electrons. The quantitative estimate of drug-likeness (QED) is 0.448. The Bertz CT molecular complexity index is 1180. The van der Waals surface area contributed by atoms with Gasteiger partial charge in [-0.15, -0.1) is 0 Å². The number of methoxy groups -OCH3 is 1. The predicted octanol–water partition coefficient (Wildman–Crippen LogP) is 4.03. The number of sulfonamides is 1. The Kier molecular flexibility index (Phi) is 9.97. The third-order valence-electron chi connectivity index (χ3n) is 6.96. The average Bonchev–Trinajstić information content (AvgIpc) is 3.38. The highest BCUT2D eigenvalue weighted by atomic mass is 32.2. The lowest BCUT2D eigenvalue weighted by molar-refractivity contribution is -0.141. The number of amides is 2. The molecule has 1 N–H and O–H groups in total. The van der Waals surface area contributed by atoms with Crippen molar-refractivity contribution < 1.29 is 22.7 Å². The van der Waals surface area contributed by atoms with Crippen molar-refractivity contribution >= 4 is 27.5 Å². The molecular formula is C28H39N3O5S. The van der Waals surface area contributed by atoms with Crippen LogP contribution in [0, 0.1) is 6.92 Å². The Morgan fingerprint density at radius 1 is 1.11 bits per heavy atom. The molecule has 1 aliphatic carbocycles. The van der Waals surface area contributed by atoms with Crippen LogP contribution < -0.4 is 14.4 Å². The highest BCUT2D eigenvalue weighted by Crippen LogP contribution is 2.24. The third kappa shape index (κ3) is 7.95. The van der Waals surface area contributed by atoms with Crippen molar-refractivity contribution in [1.82, 2.24) is 10.2 Å². The van der Waals surface area contributed by atoms with E-state index in [0.717, 1.165) is 43.1 Å². The molecule has 1 fully saturated rings. The van der Waals surface area contributed by atoms with E-state index in [-0.39, 0.29) is 30.8 Å². The van der Waals surface area contributed by atoms with Gasteiger partial charge in [-0.2, -0.15) is 0 Å². The number of carbonyl (C=O) groups is 2. The molecular weight excluding hydrogens is 490 g/mol. The highest BCUT2D eigenvalue weighted by Gasteiger charge is 2.29. The molecule has 0 aromatic heterocycles. The molecule has 0 heterocycles. The van der Waals surface area contributed by atoms with Gasteiger partial charge in [0.2, 0.25) is 21.8 Å². The highest BCUT2D eigenvalue weighted by molar-refractivity contribution is 7.92. The molecule has 37 heavy (non-hydrogen) atoms. The summed E-state index contributed by atoms with van der Waals surface area (Å²) < 4.78 is 31.6. The standard InChI is InChI=1S/C28H39N3O5S/c1-21-11-5-6-12-23(21)20-30(22(2)28(33)29-24-13-7-8-14-24)27(32)17-10-18-31(37(4,34)35)25-15-9-16-26(19-25)36-3/h5-6,9,11-12,15-16,19,22,24H,7-8,10,13-14,17-18,20H2,1-4H3,(H,29,33)/t22-/m1/s1. The van der Waals surface area contributed by atoms with Crippen molar-refractivity contribution in [2.75, 3.05) is 24.2 Å². The van der Waals surface area contributed by atoms with Crippen LogP contribution in [-0.2, 0) is 26.2 Å². The number of hydrogen-bond acceptors (Lipinski definition) is 5. The molecule has 1 aliphatic rings. The SMILES string of the molecule is COc1cccc(N(CCCC(=O)N(Cc2ccccc2C)[C@H](C)C(=O)NC2CCCC2)S(C)(=O)=O)c1. The van der Waals surface area contributed by atoms with Gasteiger partial charge in [0, 0.05) is 31.6 Å². The maximum Gasteiger partial charge on any atom is 0.242 e. The first-order valence-electron chi connectivity index (χ1n) is 12.9. The molecule has 8 nitrogen and oxygen atoms in total. The summed E-state index contributed by atoms with van der Waals surface area (Å²) in [5.41, 5.74) is 2.51. The topological polar surface area (TPSA) is 96.0 Å². The molecule has 202 valence electrons. The normalized spacial score (nSPS) is 14.7. The van der Waals surface area contributed by atoms with Crippen molar-refractivity contribution in [3.8, 4) is 5.75 Å². The molecule has 0 spiro atoms. The number of nitrogens with one attached hydrogen (secondary N) is 1. The molecule has 1 saturated carbocycles. The van der Waals surface area contributed by atoms with Crippen LogP contribution in [0.1, 0.15) is 56.6 Å². The molecule has 0 saturated heterocycles. The zero-order chi connectivity index (χ0) is 27.0. The van der Waals surface area contributed by atoms with Crippen LogP contribution in [-0.4, -0.2) is 57.1 Å². The Hall–Kier alpha value is -3.07. The molecule has 3 rings (SSSR count). The summed E-state index contributed by atoms with van der Waals surface area (Å²) in [7, 11) is -2.05. The minimum atomic E-state index is -3.57. The number of rotatable bonds is 12. The number of carbonyl (C=O) groups excluding carboxylic acids is 2. The zero-order valence-electron chi connectivity index (χ0n) is 22.3. The summed E-state index contributed by atoms with van der Waals surface area (Å²) >= 11 is 0. The molecule has 1 atom stereocenters. The van der Waals surface area contributed by atoms with Gasteiger partial charge in [-0.1, -0.05) is 43.2 Å². The number of benzene rings is 2. The molecule has 2 amide bonds. The van der Waals surface area contributed by atoms with Crippen LogP contribution in [0.25, 0.3) is 0 Å². The van der Waals surface area contributed by atoms with E-state index < -0.39 is 16.1 Å². The van der Waals surface area contributed by atoms with Gasteiger partial charge in [-0.3, -0.25) is 13.9 Å². The van der Waals surface area contributed by atoms with Crippen molar-refractivity contribution in [3.05, 3.63) is 59.7 Å². The monoisotopic (exact) mass is 529 g/mol. The van der Waals surface area contributed by atoms with Crippen LogP contribution in [0.4, 0.5) is 5.69 Å². The summed E-state index contributed by atoms with van der Waals surface area (Å²) in [6.45, 7) is 4.20. The van der Waals surface area contributed by atoms with Gasteiger partial charge in [0.1, 0.15) is 11.8 Å². The van der Waals surface area contributed by atoms with Gasteiger partial charge in [0.25, 0.3) is 0 Å². The van der Waals surface area contributed by atoms with Crippen LogP contribution in [0.5, 0.6) is 5.75 Å². The molecule has 9 heteroatoms. The largest absolute Gasteiger partial charge is 0.497 e. The minimum absolute atomic E-state index is 0.114. The smallest absolute Gasteiger partial charge is 0.242 e. The van der Waals surface area contributed by atoms with E-state index in [1.807, 2.05) is 31.2 Å². The fraction of sp³-hybridized carbons (Fsp3) is 0.500. The fourth-order valence-corrected chi connectivity index (χ4v) is 5.67. The predicted molar refractivity (Wildman–Crippen MR) is 146 cm³/mol. The Balaban J connectivity index is 1.73. The second kappa shape index (κ2) is 12.9. The summed E-state index contributed by atoms with van der Waals surface area (Å²) in [4.78, 5) is 28.2. The maximum atomic E-state index is 13.5. The first-order chi connectivity index (χ1) is 17.6. The van der Waals surface area contributed by atoms with Crippen LogP contribution in [0.2, 0.25) is 0 Å². The van der Waals surface area contributed by atoms with E-state index in [4.69, 9.17) is 4.74 Å².